The van der Waals surface area contributed by atoms with Crippen LogP contribution in [0.2, 0.25) is 10.3 Å². The maximum absolute atomic E-state index is 6.09. The minimum Gasteiger partial charge on any atom is -0.496 e. The molecule has 3 rings (SSSR count). The molecular weight excluding hydrogens is 375 g/mol. The normalized spacial score (nSPS) is 10.9. The first-order valence-electron chi connectivity index (χ1n) is 6.06. The maximum Gasteiger partial charge on any atom is 0.166 e. The van der Waals surface area contributed by atoms with Gasteiger partial charge in [0.2, 0.25) is 0 Å². The van der Waals surface area contributed by atoms with E-state index in [2.05, 4.69) is 25.9 Å². The topological polar surface area (TPSA) is 35.0 Å². The third-order valence-electron chi connectivity index (χ3n) is 3.10. The summed E-state index contributed by atoms with van der Waals surface area (Å²) in [6.45, 7) is 0. The highest BCUT2D eigenvalue weighted by Gasteiger charge is 2.16. The van der Waals surface area contributed by atoms with E-state index in [0.29, 0.717) is 16.0 Å². The molecule has 0 bridgehead atoms. The molecule has 0 saturated carbocycles. The lowest BCUT2D eigenvalue weighted by Gasteiger charge is -2.12. The zero-order valence-corrected chi connectivity index (χ0v) is 14.0. The number of fused-ring (bicyclic) bond motifs is 1. The average molecular weight is 384 g/mol. The largest absolute Gasteiger partial charge is 0.496 e. The molecule has 3 aromatic rings. The van der Waals surface area contributed by atoms with Crippen LogP contribution in [0.5, 0.6) is 5.75 Å². The molecule has 6 heteroatoms. The van der Waals surface area contributed by atoms with Crippen LogP contribution in [-0.4, -0.2) is 17.1 Å². The summed E-state index contributed by atoms with van der Waals surface area (Å²) >= 11 is 15.4. The van der Waals surface area contributed by atoms with Crippen molar-refractivity contribution >= 4 is 49.9 Å². The number of rotatable bonds is 2. The summed E-state index contributed by atoms with van der Waals surface area (Å²) in [5.41, 5.74) is 0.770. The molecule has 0 atom stereocenters. The molecule has 106 valence electrons. The van der Waals surface area contributed by atoms with Crippen molar-refractivity contribution in [2.45, 2.75) is 0 Å². The Labute approximate surface area is 140 Å². The smallest absolute Gasteiger partial charge is 0.166 e. The Morgan fingerprint density at radius 2 is 1.67 bits per heavy atom. The Morgan fingerprint density at radius 1 is 1.00 bits per heavy atom. The van der Waals surface area contributed by atoms with E-state index in [9.17, 15) is 0 Å². The second-order valence-corrected chi connectivity index (χ2v) is 5.82. The van der Waals surface area contributed by atoms with Crippen molar-refractivity contribution in [1.29, 1.82) is 0 Å². The number of benzene rings is 2. The van der Waals surface area contributed by atoms with E-state index in [-0.39, 0.29) is 10.3 Å². The number of hydrogen-bond acceptors (Lipinski definition) is 3. The molecule has 0 fully saturated rings. The number of halogens is 3. The van der Waals surface area contributed by atoms with Crippen molar-refractivity contribution in [3.05, 3.63) is 51.2 Å². The molecular formula is C15H9BrCl2N2O. The van der Waals surface area contributed by atoms with Crippen LogP contribution in [0.4, 0.5) is 0 Å². The van der Waals surface area contributed by atoms with E-state index < -0.39 is 0 Å². The molecule has 0 spiro atoms. The Morgan fingerprint density at radius 3 is 2.33 bits per heavy atom. The number of aromatic nitrogens is 2. The third-order valence-corrected chi connectivity index (χ3v) is 4.86. The number of methoxy groups -OCH3 is 1. The van der Waals surface area contributed by atoms with Crippen molar-refractivity contribution in [2.24, 2.45) is 0 Å². The number of nitrogens with zero attached hydrogens (tertiary/aromatic N) is 2. The molecule has 2 aromatic carbocycles. The Bertz CT molecular complexity index is 816. The first-order valence-corrected chi connectivity index (χ1v) is 7.61. The van der Waals surface area contributed by atoms with E-state index in [1.54, 1.807) is 7.11 Å². The zero-order chi connectivity index (χ0) is 15.0. The molecule has 0 aliphatic carbocycles. The Hall–Kier alpha value is -1.36. The van der Waals surface area contributed by atoms with Gasteiger partial charge in [0.05, 0.1) is 17.1 Å². The first-order chi connectivity index (χ1) is 10.1. The molecule has 0 aliphatic rings. The van der Waals surface area contributed by atoms with Crippen LogP contribution in [0.1, 0.15) is 0 Å². The second-order valence-electron chi connectivity index (χ2n) is 4.31. The van der Waals surface area contributed by atoms with Gasteiger partial charge in [0, 0.05) is 0 Å². The molecule has 1 aromatic heterocycles. The van der Waals surface area contributed by atoms with Crippen LogP contribution >= 0.6 is 39.1 Å². The van der Waals surface area contributed by atoms with Crippen LogP contribution in [0.3, 0.4) is 0 Å². The SMILES string of the molecule is COc1ccc2ccccc2c1-c1nc(Cl)c(Br)c(Cl)n1. The maximum atomic E-state index is 6.09. The fraction of sp³-hybridized carbons (Fsp3) is 0.0667. The molecule has 21 heavy (non-hydrogen) atoms. The van der Waals surface area contributed by atoms with Crippen LogP contribution < -0.4 is 4.74 Å². The lowest BCUT2D eigenvalue weighted by molar-refractivity contribution is 0.416. The van der Waals surface area contributed by atoms with Gasteiger partial charge < -0.3 is 4.74 Å². The van der Waals surface area contributed by atoms with Crippen LogP contribution in [-0.2, 0) is 0 Å². The summed E-state index contributed by atoms with van der Waals surface area (Å²) in [7, 11) is 1.61. The van der Waals surface area contributed by atoms with Crippen molar-refractivity contribution in [3.8, 4) is 17.1 Å². The minimum atomic E-state index is 0.264. The minimum absolute atomic E-state index is 0.264. The van der Waals surface area contributed by atoms with E-state index in [1.807, 2.05) is 36.4 Å². The second kappa shape index (κ2) is 5.79. The fourth-order valence-corrected chi connectivity index (χ4v) is 2.72. The van der Waals surface area contributed by atoms with Gasteiger partial charge in [0.25, 0.3) is 0 Å². The van der Waals surface area contributed by atoms with Gasteiger partial charge in [-0.3, -0.25) is 0 Å². The molecule has 0 radical (unpaired) electrons. The molecule has 0 aliphatic heterocycles. The summed E-state index contributed by atoms with van der Waals surface area (Å²) < 4.78 is 5.92. The Balaban J connectivity index is 2.38. The molecule has 0 unspecified atom stereocenters. The fourth-order valence-electron chi connectivity index (χ4n) is 2.16. The lowest BCUT2D eigenvalue weighted by atomic mass is 10.0. The first kappa shape index (κ1) is 14.6. The standard InChI is InChI=1S/C15H9BrCl2N2O/c1-21-10-7-6-8-4-2-3-5-9(8)11(10)15-19-13(17)12(16)14(18)20-15/h2-7H,1H3. The predicted octanol–water partition coefficient (Wildman–Crippen LogP) is 5.37. The van der Waals surface area contributed by atoms with Gasteiger partial charge >= 0.3 is 0 Å². The average Bonchev–Trinajstić information content (AvgIpc) is 2.51. The molecule has 0 amide bonds. The number of hydrogen-bond donors (Lipinski definition) is 0. The van der Waals surface area contributed by atoms with Crippen LogP contribution in [0.15, 0.2) is 40.9 Å². The van der Waals surface area contributed by atoms with Gasteiger partial charge in [-0.1, -0.05) is 53.5 Å². The van der Waals surface area contributed by atoms with Gasteiger partial charge in [-0.2, -0.15) is 0 Å². The van der Waals surface area contributed by atoms with E-state index >= 15 is 0 Å². The summed E-state index contributed by atoms with van der Waals surface area (Å²) in [5.74, 6) is 1.10. The van der Waals surface area contributed by atoms with Crippen molar-refractivity contribution in [1.82, 2.24) is 9.97 Å². The summed E-state index contributed by atoms with van der Waals surface area (Å²) in [6, 6.07) is 11.8. The van der Waals surface area contributed by atoms with Gasteiger partial charge in [-0.05, 0) is 32.8 Å². The van der Waals surface area contributed by atoms with Gasteiger partial charge in [-0.25, -0.2) is 9.97 Å². The Kier molecular flexibility index (Phi) is 4.02. The summed E-state index contributed by atoms with van der Waals surface area (Å²) in [5, 5.41) is 2.57. The molecule has 0 saturated heterocycles. The van der Waals surface area contributed by atoms with E-state index in [1.165, 1.54) is 0 Å². The lowest BCUT2D eigenvalue weighted by Crippen LogP contribution is -1.96. The van der Waals surface area contributed by atoms with Crippen molar-refractivity contribution in [2.75, 3.05) is 7.11 Å². The highest BCUT2D eigenvalue weighted by Crippen LogP contribution is 2.37. The molecule has 3 nitrogen and oxygen atoms in total. The highest BCUT2D eigenvalue weighted by atomic mass is 79.9. The predicted molar refractivity (Wildman–Crippen MR) is 89.2 cm³/mol. The molecule has 0 N–H and O–H groups in total. The van der Waals surface area contributed by atoms with Crippen molar-refractivity contribution in [3.63, 3.8) is 0 Å². The van der Waals surface area contributed by atoms with Gasteiger partial charge in [0.15, 0.2) is 5.82 Å². The van der Waals surface area contributed by atoms with Gasteiger partial charge in [-0.15, -0.1) is 0 Å². The third kappa shape index (κ3) is 2.59. The summed E-state index contributed by atoms with van der Waals surface area (Å²) in [4.78, 5) is 8.61. The van der Waals surface area contributed by atoms with Crippen LogP contribution in [0.25, 0.3) is 22.2 Å². The van der Waals surface area contributed by atoms with E-state index in [4.69, 9.17) is 27.9 Å². The molecule has 1 heterocycles. The van der Waals surface area contributed by atoms with Crippen molar-refractivity contribution < 1.29 is 4.74 Å². The number of ether oxygens (including phenoxy) is 1. The zero-order valence-electron chi connectivity index (χ0n) is 10.9. The highest BCUT2D eigenvalue weighted by molar-refractivity contribution is 9.10. The quantitative estimate of drug-likeness (QED) is 0.557. The summed E-state index contributed by atoms with van der Waals surface area (Å²) in [6.07, 6.45) is 0. The van der Waals surface area contributed by atoms with Gasteiger partial charge in [0.1, 0.15) is 16.1 Å². The van der Waals surface area contributed by atoms with Crippen LogP contribution in [0, 0.1) is 0 Å². The monoisotopic (exact) mass is 382 g/mol. The van der Waals surface area contributed by atoms with E-state index in [0.717, 1.165) is 16.3 Å².